The quantitative estimate of drug-likeness (QED) is 0.893. The van der Waals surface area contributed by atoms with Crippen LogP contribution in [0.3, 0.4) is 0 Å². The predicted octanol–water partition coefficient (Wildman–Crippen LogP) is 2.36. The molecule has 5 heteroatoms. The van der Waals surface area contributed by atoms with Gasteiger partial charge in [-0.25, -0.2) is 4.98 Å². The molecular formula is C11H11ClN2O2. The highest BCUT2D eigenvalue weighted by molar-refractivity contribution is 6.29. The highest BCUT2D eigenvalue weighted by Crippen LogP contribution is 2.25. The molecule has 0 saturated heterocycles. The van der Waals surface area contributed by atoms with E-state index >= 15 is 0 Å². The Labute approximate surface area is 98.1 Å². The van der Waals surface area contributed by atoms with Crippen LogP contribution in [0.15, 0.2) is 30.5 Å². The average molecular weight is 239 g/mol. The van der Waals surface area contributed by atoms with E-state index in [-0.39, 0.29) is 12.4 Å². The Bertz CT molecular complexity index is 496. The first-order chi connectivity index (χ1) is 7.68. The zero-order chi connectivity index (χ0) is 11.5. The number of nitrogens with zero attached hydrogens (tertiary/aromatic N) is 2. The van der Waals surface area contributed by atoms with E-state index in [2.05, 4.69) is 4.98 Å². The molecule has 0 fully saturated rings. The number of imidazole rings is 1. The largest absolute Gasteiger partial charge is 0.504 e. The van der Waals surface area contributed by atoms with Crippen molar-refractivity contribution in [3.05, 3.63) is 41.4 Å². The zero-order valence-corrected chi connectivity index (χ0v) is 9.48. The molecule has 1 aromatic carbocycles. The van der Waals surface area contributed by atoms with E-state index in [4.69, 9.17) is 16.3 Å². The van der Waals surface area contributed by atoms with Crippen LogP contribution in [-0.2, 0) is 13.7 Å². The van der Waals surface area contributed by atoms with Crippen LogP contribution in [0.5, 0.6) is 11.5 Å². The van der Waals surface area contributed by atoms with Gasteiger partial charge in [0.15, 0.2) is 11.5 Å². The molecule has 0 amide bonds. The van der Waals surface area contributed by atoms with E-state index in [1.165, 1.54) is 0 Å². The molecule has 4 nitrogen and oxygen atoms in total. The van der Waals surface area contributed by atoms with E-state index in [9.17, 15) is 5.11 Å². The molecule has 1 heterocycles. The summed E-state index contributed by atoms with van der Waals surface area (Å²) in [6.45, 7) is 0.265. The molecule has 0 radical (unpaired) electrons. The van der Waals surface area contributed by atoms with Crippen LogP contribution in [0.2, 0.25) is 5.15 Å². The molecule has 0 spiro atoms. The topological polar surface area (TPSA) is 47.3 Å². The van der Waals surface area contributed by atoms with Crippen molar-refractivity contribution in [2.45, 2.75) is 6.61 Å². The lowest BCUT2D eigenvalue weighted by atomic mass is 10.3. The first-order valence-corrected chi connectivity index (χ1v) is 5.13. The first-order valence-electron chi connectivity index (χ1n) is 4.75. The molecule has 1 aromatic heterocycles. The number of phenols is 1. The summed E-state index contributed by atoms with van der Waals surface area (Å²) in [5.74, 6) is 1.25. The fraction of sp³-hybridized carbons (Fsp3) is 0.182. The molecule has 2 aromatic rings. The maximum Gasteiger partial charge on any atom is 0.161 e. The van der Waals surface area contributed by atoms with Gasteiger partial charge >= 0.3 is 0 Å². The third-order valence-corrected chi connectivity index (χ3v) is 2.60. The maximum absolute atomic E-state index is 9.48. The number of ether oxygens (including phenoxy) is 1. The second-order valence-corrected chi connectivity index (χ2v) is 3.70. The molecule has 16 heavy (non-hydrogen) atoms. The molecular weight excluding hydrogens is 228 g/mol. The summed E-state index contributed by atoms with van der Waals surface area (Å²) in [5.41, 5.74) is 0. The minimum atomic E-state index is 0.114. The van der Waals surface area contributed by atoms with Crippen molar-refractivity contribution in [1.82, 2.24) is 9.55 Å². The van der Waals surface area contributed by atoms with Gasteiger partial charge in [-0.05, 0) is 12.1 Å². The summed E-state index contributed by atoms with van der Waals surface area (Å²) >= 11 is 5.84. The molecule has 0 bridgehead atoms. The number of para-hydroxylation sites is 2. The van der Waals surface area contributed by atoms with Crippen molar-refractivity contribution < 1.29 is 9.84 Å². The monoisotopic (exact) mass is 238 g/mol. The molecule has 0 aliphatic heterocycles. The third-order valence-electron chi connectivity index (χ3n) is 2.25. The van der Waals surface area contributed by atoms with Crippen LogP contribution < -0.4 is 4.74 Å². The smallest absolute Gasteiger partial charge is 0.161 e. The van der Waals surface area contributed by atoms with Gasteiger partial charge in [0.25, 0.3) is 0 Å². The summed E-state index contributed by atoms with van der Waals surface area (Å²) in [6.07, 6.45) is 1.56. The summed E-state index contributed by atoms with van der Waals surface area (Å²) in [5, 5.41) is 10.0. The van der Waals surface area contributed by atoms with E-state index in [1.54, 1.807) is 42.1 Å². The van der Waals surface area contributed by atoms with Crippen LogP contribution in [0.1, 0.15) is 5.82 Å². The van der Waals surface area contributed by atoms with Crippen molar-refractivity contribution in [3.63, 3.8) is 0 Å². The summed E-state index contributed by atoms with van der Waals surface area (Å²) in [6, 6.07) is 6.79. The molecule has 0 unspecified atom stereocenters. The van der Waals surface area contributed by atoms with E-state index in [0.29, 0.717) is 16.7 Å². The molecule has 0 aliphatic rings. The Morgan fingerprint density at radius 1 is 1.44 bits per heavy atom. The summed E-state index contributed by atoms with van der Waals surface area (Å²) in [7, 11) is 1.80. The second-order valence-electron chi connectivity index (χ2n) is 3.31. The van der Waals surface area contributed by atoms with Crippen LogP contribution >= 0.6 is 11.6 Å². The average Bonchev–Trinajstić information content (AvgIpc) is 2.59. The zero-order valence-electron chi connectivity index (χ0n) is 8.72. The Morgan fingerprint density at radius 2 is 2.19 bits per heavy atom. The van der Waals surface area contributed by atoms with Crippen LogP contribution in [0.25, 0.3) is 0 Å². The Hall–Kier alpha value is -1.68. The maximum atomic E-state index is 9.48. The van der Waals surface area contributed by atoms with Crippen molar-refractivity contribution in [2.24, 2.45) is 7.05 Å². The van der Waals surface area contributed by atoms with Crippen molar-refractivity contribution in [3.8, 4) is 11.5 Å². The van der Waals surface area contributed by atoms with Crippen LogP contribution in [0, 0.1) is 0 Å². The predicted molar refractivity (Wildman–Crippen MR) is 60.7 cm³/mol. The van der Waals surface area contributed by atoms with E-state index in [0.717, 1.165) is 0 Å². The number of halogens is 1. The van der Waals surface area contributed by atoms with Gasteiger partial charge in [-0.3, -0.25) is 0 Å². The van der Waals surface area contributed by atoms with Gasteiger partial charge in [0.2, 0.25) is 0 Å². The normalized spacial score (nSPS) is 10.4. The number of rotatable bonds is 3. The lowest BCUT2D eigenvalue weighted by molar-refractivity contribution is 0.277. The number of aromatic nitrogens is 2. The highest BCUT2D eigenvalue weighted by atomic mass is 35.5. The molecule has 2 rings (SSSR count). The molecule has 0 saturated carbocycles. The molecule has 84 valence electrons. The number of benzene rings is 1. The SMILES string of the molecule is Cn1c(Cl)cnc1COc1ccccc1O. The van der Waals surface area contributed by atoms with Gasteiger partial charge in [0, 0.05) is 7.05 Å². The third kappa shape index (κ3) is 2.12. The fourth-order valence-corrected chi connectivity index (χ4v) is 1.43. The summed E-state index contributed by atoms with van der Waals surface area (Å²) in [4.78, 5) is 4.08. The molecule has 0 aliphatic carbocycles. The summed E-state index contributed by atoms with van der Waals surface area (Å²) < 4.78 is 7.15. The van der Waals surface area contributed by atoms with Crippen LogP contribution in [-0.4, -0.2) is 14.7 Å². The number of phenolic OH excluding ortho intramolecular Hbond substituents is 1. The number of hydrogen-bond donors (Lipinski definition) is 1. The Morgan fingerprint density at radius 3 is 2.81 bits per heavy atom. The number of hydrogen-bond acceptors (Lipinski definition) is 3. The molecule has 0 atom stereocenters. The van der Waals surface area contributed by atoms with Crippen molar-refractivity contribution in [1.29, 1.82) is 0 Å². The van der Waals surface area contributed by atoms with Gasteiger partial charge in [0.05, 0.1) is 6.20 Å². The van der Waals surface area contributed by atoms with Crippen molar-refractivity contribution in [2.75, 3.05) is 0 Å². The molecule has 1 N–H and O–H groups in total. The van der Waals surface area contributed by atoms with E-state index < -0.39 is 0 Å². The standard InChI is InChI=1S/C11H11ClN2O2/c1-14-10(12)6-13-11(14)7-16-9-5-3-2-4-8(9)15/h2-6,15H,7H2,1H3. The van der Waals surface area contributed by atoms with Gasteiger partial charge in [-0.1, -0.05) is 23.7 Å². The number of aromatic hydroxyl groups is 1. The van der Waals surface area contributed by atoms with Crippen LogP contribution in [0.4, 0.5) is 0 Å². The van der Waals surface area contributed by atoms with Gasteiger partial charge in [-0.2, -0.15) is 0 Å². The van der Waals surface area contributed by atoms with Gasteiger partial charge in [0.1, 0.15) is 17.6 Å². The van der Waals surface area contributed by atoms with Crippen molar-refractivity contribution >= 4 is 11.6 Å². The minimum Gasteiger partial charge on any atom is -0.504 e. The van der Waals surface area contributed by atoms with Gasteiger partial charge in [-0.15, -0.1) is 0 Å². The second kappa shape index (κ2) is 4.45. The Balaban J connectivity index is 2.08. The lowest BCUT2D eigenvalue weighted by Crippen LogP contribution is -2.03. The first kappa shape index (κ1) is 10.8. The van der Waals surface area contributed by atoms with E-state index in [1.807, 2.05) is 0 Å². The minimum absolute atomic E-state index is 0.114. The fourth-order valence-electron chi connectivity index (χ4n) is 1.28. The highest BCUT2D eigenvalue weighted by Gasteiger charge is 2.06. The Kier molecular flexibility index (Phi) is 3.01. The van der Waals surface area contributed by atoms with Gasteiger partial charge < -0.3 is 14.4 Å². The lowest BCUT2D eigenvalue weighted by Gasteiger charge is -2.07.